The summed E-state index contributed by atoms with van der Waals surface area (Å²) >= 11 is 11.8. The largest absolute Gasteiger partial charge is 0.323 e. The third-order valence-corrected chi connectivity index (χ3v) is 4.43. The fourth-order valence-corrected chi connectivity index (χ4v) is 2.78. The SMILES string of the molecule is O=C(Cc1ccc(Cl)c(Cl)c1)NNC(=O)c1ccccc1-n1cccc1. The standard InChI is InChI=1S/C19H15Cl2N3O2/c20-15-8-7-13(11-16(15)21)12-18(25)22-23-19(26)14-5-1-2-6-17(14)24-9-3-4-10-24/h1-11H,12H2,(H,22,25)(H,23,26). The summed E-state index contributed by atoms with van der Waals surface area (Å²) in [5.41, 5.74) is 6.70. The molecule has 0 aliphatic heterocycles. The molecule has 0 unspecified atom stereocenters. The zero-order valence-electron chi connectivity index (χ0n) is 13.6. The van der Waals surface area contributed by atoms with Gasteiger partial charge in [-0.15, -0.1) is 0 Å². The highest BCUT2D eigenvalue weighted by Gasteiger charge is 2.13. The van der Waals surface area contributed by atoms with Crippen molar-refractivity contribution in [2.75, 3.05) is 0 Å². The van der Waals surface area contributed by atoms with E-state index < -0.39 is 5.91 Å². The Morgan fingerprint density at radius 1 is 0.885 bits per heavy atom. The Balaban J connectivity index is 1.64. The van der Waals surface area contributed by atoms with Crippen LogP contribution in [0.2, 0.25) is 10.0 Å². The first kappa shape index (κ1) is 18.0. The Hall–Kier alpha value is -2.76. The van der Waals surface area contributed by atoms with Gasteiger partial charge < -0.3 is 4.57 Å². The molecule has 2 aromatic carbocycles. The number of para-hydroxylation sites is 1. The van der Waals surface area contributed by atoms with Gasteiger partial charge in [0.1, 0.15) is 0 Å². The van der Waals surface area contributed by atoms with Crippen LogP contribution < -0.4 is 10.9 Å². The molecule has 132 valence electrons. The topological polar surface area (TPSA) is 63.1 Å². The van der Waals surface area contributed by atoms with E-state index in [0.717, 1.165) is 0 Å². The molecule has 0 fully saturated rings. The number of amides is 2. The maximum atomic E-state index is 12.4. The number of benzene rings is 2. The van der Waals surface area contributed by atoms with Crippen LogP contribution in [0.4, 0.5) is 0 Å². The van der Waals surface area contributed by atoms with E-state index in [-0.39, 0.29) is 12.3 Å². The minimum absolute atomic E-state index is 0.0659. The molecular weight excluding hydrogens is 373 g/mol. The molecule has 0 bridgehead atoms. The van der Waals surface area contributed by atoms with Crippen LogP contribution in [0.3, 0.4) is 0 Å². The number of hydrogen-bond donors (Lipinski definition) is 2. The van der Waals surface area contributed by atoms with Gasteiger partial charge in [0, 0.05) is 12.4 Å². The highest BCUT2D eigenvalue weighted by atomic mass is 35.5. The lowest BCUT2D eigenvalue weighted by Gasteiger charge is -2.12. The van der Waals surface area contributed by atoms with Gasteiger partial charge in [-0.05, 0) is 42.0 Å². The van der Waals surface area contributed by atoms with E-state index in [4.69, 9.17) is 23.2 Å². The first-order valence-corrected chi connectivity index (χ1v) is 8.55. The molecule has 2 amide bonds. The Labute approximate surface area is 160 Å². The number of hydrogen-bond acceptors (Lipinski definition) is 2. The van der Waals surface area contributed by atoms with Crippen LogP contribution in [0, 0.1) is 0 Å². The second kappa shape index (κ2) is 8.08. The van der Waals surface area contributed by atoms with E-state index >= 15 is 0 Å². The van der Waals surface area contributed by atoms with Crippen molar-refractivity contribution in [3.05, 3.63) is 88.2 Å². The van der Waals surface area contributed by atoms with Crippen molar-refractivity contribution < 1.29 is 9.59 Å². The second-order valence-corrected chi connectivity index (χ2v) is 6.35. The third-order valence-electron chi connectivity index (χ3n) is 3.70. The molecule has 0 aliphatic rings. The van der Waals surface area contributed by atoms with E-state index in [2.05, 4.69) is 10.9 Å². The molecule has 2 N–H and O–H groups in total. The summed E-state index contributed by atoms with van der Waals surface area (Å²) in [6.07, 6.45) is 3.75. The van der Waals surface area contributed by atoms with Gasteiger partial charge in [-0.25, -0.2) is 0 Å². The minimum Gasteiger partial charge on any atom is -0.323 e. The molecule has 0 radical (unpaired) electrons. The van der Waals surface area contributed by atoms with E-state index in [1.807, 2.05) is 41.2 Å². The average molecular weight is 388 g/mol. The number of rotatable bonds is 4. The predicted octanol–water partition coefficient (Wildman–Crippen LogP) is 3.79. The quantitative estimate of drug-likeness (QED) is 0.668. The van der Waals surface area contributed by atoms with Gasteiger partial charge in [0.15, 0.2) is 0 Å². The van der Waals surface area contributed by atoms with Crippen molar-refractivity contribution in [3.8, 4) is 5.69 Å². The second-order valence-electron chi connectivity index (χ2n) is 5.54. The molecule has 7 heteroatoms. The molecule has 0 saturated carbocycles. The van der Waals surface area contributed by atoms with Crippen LogP contribution in [0.5, 0.6) is 0 Å². The van der Waals surface area contributed by atoms with Crippen LogP contribution in [-0.4, -0.2) is 16.4 Å². The molecule has 1 aromatic heterocycles. The summed E-state index contributed by atoms with van der Waals surface area (Å²) in [4.78, 5) is 24.5. The maximum Gasteiger partial charge on any atom is 0.271 e. The van der Waals surface area contributed by atoms with E-state index in [1.54, 1.807) is 30.3 Å². The van der Waals surface area contributed by atoms with Gasteiger partial charge in [0.05, 0.1) is 27.7 Å². The van der Waals surface area contributed by atoms with Gasteiger partial charge >= 0.3 is 0 Å². The van der Waals surface area contributed by atoms with Crippen LogP contribution in [0.15, 0.2) is 67.0 Å². The monoisotopic (exact) mass is 387 g/mol. The average Bonchev–Trinajstić information content (AvgIpc) is 3.17. The normalized spacial score (nSPS) is 10.4. The number of halogens is 2. The lowest BCUT2D eigenvalue weighted by molar-refractivity contribution is -0.121. The van der Waals surface area contributed by atoms with Gasteiger partial charge in [0.2, 0.25) is 5.91 Å². The van der Waals surface area contributed by atoms with Gasteiger partial charge in [0.25, 0.3) is 5.91 Å². The molecule has 26 heavy (non-hydrogen) atoms. The summed E-state index contributed by atoms with van der Waals surface area (Å²) in [7, 11) is 0. The lowest BCUT2D eigenvalue weighted by Crippen LogP contribution is -2.42. The van der Waals surface area contributed by atoms with Crippen molar-refractivity contribution in [2.24, 2.45) is 0 Å². The molecule has 0 spiro atoms. The molecular formula is C19H15Cl2N3O2. The number of carbonyl (C=O) groups is 2. The molecule has 3 aromatic rings. The van der Waals surface area contributed by atoms with Gasteiger partial charge in [-0.2, -0.15) is 0 Å². The van der Waals surface area contributed by atoms with Crippen molar-refractivity contribution >= 4 is 35.0 Å². The van der Waals surface area contributed by atoms with Crippen molar-refractivity contribution in [1.29, 1.82) is 0 Å². The van der Waals surface area contributed by atoms with Crippen LogP contribution in [0.25, 0.3) is 5.69 Å². The van der Waals surface area contributed by atoms with Crippen LogP contribution in [0.1, 0.15) is 15.9 Å². The Morgan fingerprint density at radius 3 is 2.35 bits per heavy atom. The van der Waals surface area contributed by atoms with E-state index in [0.29, 0.717) is 26.9 Å². The first-order valence-electron chi connectivity index (χ1n) is 7.80. The zero-order chi connectivity index (χ0) is 18.5. The summed E-state index contributed by atoms with van der Waals surface area (Å²) in [5.74, 6) is -0.771. The van der Waals surface area contributed by atoms with Gasteiger partial charge in [-0.1, -0.05) is 41.4 Å². The molecule has 3 rings (SSSR count). The van der Waals surface area contributed by atoms with E-state index in [9.17, 15) is 9.59 Å². The summed E-state index contributed by atoms with van der Waals surface area (Å²) in [6, 6.07) is 15.8. The molecule has 1 heterocycles. The Kier molecular flexibility index (Phi) is 5.61. The van der Waals surface area contributed by atoms with E-state index in [1.165, 1.54) is 0 Å². The van der Waals surface area contributed by atoms with Crippen molar-refractivity contribution in [3.63, 3.8) is 0 Å². The zero-order valence-corrected chi connectivity index (χ0v) is 15.1. The first-order chi connectivity index (χ1) is 12.5. The highest BCUT2D eigenvalue weighted by Crippen LogP contribution is 2.22. The smallest absolute Gasteiger partial charge is 0.271 e. The van der Waals surface area contributed by atoms with Crippen molar-refractivity contribution in [2.45, 2.75) is 6.42 Å². The fourth-order valence-electron chi connectivity index (χ4n) is 2.46. The van der Waals surface area contributed by atoms with Crippen LogP contribution >= 0.6 is 23.2 Å². The molecule has 0 aliphatic carbocycles. The lowest BCUT2D eigenvalue weighted by atomic mass is 10.1. The fraction of sp³-hybridized carbons (Fsp3) is 0.0526. The summed E-state index contributed by atoms with van der Waals surface area (Å²) in [5, 5.41) is 0.799. The molecule has 5 nitrogen and oxygen atoms in total. The highest BCUT2D eigenvalue weighted by molar-refractivity contribution is 6.42. The maximum absolute atomic E-state index is 12.4. The third kappa shape index (κ3) is 4.25. The number of nitrogens with zero attached hydrogens (tertiary/aromatic N) is 1. The summed E-state index contributed by atoms with van der Waals surface area (Å²) in [6.45, 7) is 0. The molecule has 0 saturated heterocycles. The number of aromatic nitrogens is 1. The Morgan fingerprint density at radius 2 is 1.62 bits per heavy atom. The predicted molar refractivity (Wildman–Crippen MR) is 102 cm³/mol. The summed E-state index contributed by atoms with van der Waals surface area (Å²) < 4.78 is 1.83. The number of hydrazine groups is 1. The number of nitrogens with one attached hydrogen (secondary N) is 2. The Bertz CT molecular complexity index is 940. The van der Waals surface area contributed by atoms with Crippen LogP contribution in [-0.2, 0) is 11.2 Å². The van der Waals surface area contributed by atoms with Crippen molar-refractivity contribution in [1.82, 2.24) is 15.4 Å². The molecule has 0 atom stereocenters. The number of carbonyl (C=O) groups excluding carboxylic acids is 2. The van der Waals surface area contributed by atoms with Gasteiger partial charge in [-0.3, -0.25) is 20.4 Å². The minimum atomic E-state index is -0.406.